The molecule has 0 radical (unpaired) electrons. The molecule has 3 N–H and O–H groups in total. The van der Waals surface area contributed by atoms with Crippen LogP contribution in [-0.2, 0) is 4.74 Å². The lowest BCUT2D eigenvalue weighted by Gasteiger charge is -2.26. The summed E-state index contributed by atoms with van der Waals surface area (Å²) in [6, 6.07) is 0.640. The summed E-state index contributed by atoms with van der Waals surface area (Å²) in [6.07, 6.45) is 8.39. The molecule has 0 aliphatic heterocycles. The minimum Gasteiger partial charge on any atom is -0.450 e. The van der Waals surface area contributed by atoms with Crippen molar-refractivity contribution in [3.8, 4) is 0 Å². The average molecular weight is 438 g/mol. The second-order valence-electron chi connectivity index (χ2n) is 6.24. The zero-order valence-corrected chi connectivity index (χ0v) is 16.6. The number of carbonyl (C=O) groups is 1. The molecule has 0 aromatic rings. The van der Waals surface area contributed by atoms with Gasteiger partial charge in [-0.1, -0.05) is 19.3 Å². The molecule has 6 nitrogen and oxygen atoms in total. The van der Waals surface area contributed by atoms with Gasteiger partial charge >= 0.3 is 6.09 Å². The van der Waals surface area contributed by atoms with Gasteiger partial charge in [-0.3, -0.25) is 4.99 Å². The third-order valence-electron chi connectivity index (χ3n) is 4.43. The van der Waals surface area contributed by atoms with Crippen LogP contribution in [0.25, 0.3) is 0 Å². The summed E-state index contributed by atoms with van der Waals surface area (Å²) in [4.78, 5) is 15.9. The van der Waals surface area contributed by atoms with Gasteiger partial charge in [-0.2, -0.15) is 0 Å². The number of hydrogen-bond donors (Lipinski definition) is 3. The molecule has 2 rings (SSSR count). The maximum absolute atomic E-state index is 11.6. The number of guanidine groups is 1. The van der Waals surface area contributed by atoms with Gasteiger partial charge in [0.05, 0.1) is 12.6 Å². The van der Waals surface area contributed by atoms with E-state index in [9.17, 15) is 4.79 Å². The maximum atomic E-state index is 11.6. The van der Waals surface area contributed by atoms with E-state index in [1.807, 2.05) is 6.92 Å². The fourth-order valence-corrected chi connectivity index (χ4v) is 3.00. The maximum Gasteiger partial charge on any atom is 0.407 e. The number of halogens is 1. The van der Waals surface area contributed by atoms with E-state index >= 15 is 0 Å². The lowest BCUT2D eigenvalue weighted by Crippen LogP contribution is -2.50. The molecule has 2 saturated carbocycles. The molecule has 23 heavy (non-hydrogen) atoms. The Morgan fingerprint density at radius 2 is 1.91 bits per heavy atom. The Bertz CT molecular complexity index is 382. The van der Waals surface area contributed by atoms with Crippen molar-refractivity contribution < 1.29 is 9.53 Å². The van der Waals surface area contributed by atoms with E-state index in [-0.39, 0.29) is 36.1 Å². The van der Waals surface area contributed by atoms with E-state index in [0.717, 1.165) is 5.96 Å². The highest BCUT2D eigenvalue weighted by Crippen LogP contribution is 2.32. The van der Waals surface area contributed by atoms with E-state index < -0.39 is 0 Å². The van der Waals surface area contributed by atoms with Gasteiger partial charge in [0.1, 0.15) is 0 Å². The standard InChI is InChI=1S/C16H30N4O2.HI/c1-3-22-16(21)20-14(12-9-10-12)11-18-15(17-2)19-13-7-5-4-6-8-13;/h12-14H,3-11H2,1-2H3,(H,20,21)(H2,17,18,19);1H. The second-order valence-corrected chi connectivity index (χ2v) is 6.24. The molecule has 0 bridgehead atoms. The van der Waals surface area contributed by atoms with Crippen molar-refractivity contribution in [2.75, 3.05) is 20.2 Å². The van der Waals surface area contributed by atoms with Gasteiger partial charge in [-0.05, 0) is 38.5 Å². The van der Waals surface area contributed by atoms with Gasteiger partial charge in [-0.25, -0.2) is 4.79 Å². The van der Waals surface area contributed by atoms with Crippen molar-refractivity contribution in [3.63, 3.8) is 0 Å². The summed E-state index contributed by atoms with van der Waals surface area (Å²) in [6.45, 7) is 2.91. The van der Waals surface area contributed by atoms with Crippen molar-refractivity contribution >= 4 is 36.0 Å². The molecule has 0 spiro atoms. The number of rotatable bonds is 6. The van der Waals surface area contributed by atoms with Crippen LogP contribution in [0.4, 0.5) is 4.79 Å². The lowest BCUT2D eigenvalue weighted by molar-refractivity contribution is 0.146. The van der Waals surface area contributed by atoms with Crippen molar-refractivity contribution in [2.24, 2.45) is 10.9 Å². The monoisotopic (exact) mass is 438 g/mol. The highest BCUT2D eigenvalue weighted by atomic mass is 127. The first-order chi connectivity index (χ1) is 10.7. The van der Waals surface area contributed by atoms with Crippen LogP contribution in [-0.4, -0.2) is 44.3 Å². The summed E-state index contributed by atoms with van der Waals surface area (Å²) >= 11 is 0. The van der Waals surface area contributed by atoms with Gasteiger partial charge in [0.2, 0.25) is 0 Å². The first kappa shape index (κ1) is 20.3. The molecule has 1 atom stereocenters. The predicted octanol–water partition coefficient (Wildman–Crippen LogP) is 2.63. The number of amides is 1. The molecule has 0 aromatic carbocycles. The smallest absolute Gasteiger partial charge is 0.407 e. The van der Waals surface area contributed by atoms with E-state index in [0.29, 0.717) is 25.1 Å². The quantitative estimate of drug-likeness (QED) is 0.339. The normalized spacial score (nSPS) is 20.2. The fraction of sp³-hybridized carbons (Fsp3) is 0.875. The minimum atomic E-state index is -0.323. The number of nitrogens with zero attached hydrogens (tertiary/aromatic N) is 1. The van der Waals surface area contributed by atoms with Gasteiger partial charge in [0, 0.05) is 19.6 Å². The molecule has 2 aliphatic rings. The van der Waals surface area contributed by atoms with Crippen LogP contribution in [0, 0.1) is 5.92 Å². The van der Waals surface area contributed by atoms with Crippen molar-refractivity contribution in [1.29, 1.82) is 0 Å². The predicted molar refractivity (Wildman–Crippen MR) is 103 cm³/mol. The van der Waals surface area contributed by atoms with Crippen molar-refractivity contribution in [2.45, 2.75) is 64.0 Å². The summed E-state index contributed by atoms with van der Waals surface area (Å²) < 4.78 is 4.98. The number of aliphatic imine (C=N–C) groups is 1. The molecular weight excluding hydrogens is 407 g/mol. The highest BCUT2D eigenvalue weighted by molar-refractivity contribution is 14.0. The summed E-state index contributed by atoms with van der Waals surface area (Å²) in [7, 11) is 1.79. The third kappa shape index (κ3) is 7.58. The Morgan fingerprint density at radius 3 is 2.48 bits per heavy atom. The first-order valence-corrected chi connectivity index (χ1v) is 8.63. The summed E-state index contributed by atoms with van der Waals surface area (Å²) in [5.41, 5.74) is 0. The topological polar surface area (TPSA) is 74.8 Å². The Hall–Kier alpha value is -0.730. The highest BCUT2D eigenvalue weighted by Gasteiger charge is 2.32. The molecule has 1 amide bonds. The largest absolute Gasteiger partial charge is 0.450 e. The van der Waals surface area contributed by atoms with Gasteiger partial charge in [0.25, 0.3) is 0 Å². The number of ether oxygens (including phenoxy) is 1. The van der Waals surface area contributed by atoms with Crippen molar-refractivity contribution in [1.82, 2.24) is 16.0 Å². The average Bonchev–Trinajstić information content (AvgIpc) is 3.36. The summed E-state index contributed by atoms with van der Waals surface area (Å²) in [5.74, 6) is 1.40. The van der Waals surface area contributed by atoms with E-state index in [2.05, 4.69) is 20.9 Å². The number of hydrogen-bond acceptors (Lipinski definition) is 3. The SMILES string of the molecule is CCOC(=O)NC(CNC(=NC)NC1CCCCC1)C1CC1.I. The molecule has 0 heterocycles. The van der Waals surface area contributed by atoms with Crippen LogP contribution in [0.2, 0.25) is 0 Å². The second kappa shape index (κ2) is 10.9. The Kier molecular flexibility index (Phi) is 9.66. The van der Waals surface area contributed by atoms with E-state index in [1.165, 1.54) is 44.9 Å². The van der Waals surface area contributed by atoms with Gasteiger partial charge in [-0.15, -0.1) is 24.0 Å². The van der Waals surface area contributed by atoms with Crippen LogP contribution in [0.1, 0.15) is 51.9 Å². The van der Waals surface area contributed by atoms with Crippen LogP contribution in [0.5, 0.6) is 0 Å². The van der Waals surface area contributed by atoms with Gasteiger partial charge < -0.3 is 20.7 Å². The minimum absolute atomic E-state index is 0. The lowest BCUT2D eigenvalue weighted by atomic mass is 9.96. The fourth-order valence-electron chi connectivity index (χ4n) is 3.00. The van der Waals surface area contributed by atoms with Crippen LogP contribution in [0.15, 0.2) is 4.99 Å². The van der Waals surface area contributed by atoms with Gasteiger partial charge in [0.15, 0.2) is 5.96 Å². The van der Waals surface area contributed by atoms with Crippen LogP contribution >= 0.6 is 24.0 Å². The molecule has 7 heteroatoms. The van der Waals surface area contributed by atoms with E-state index in [4.69, 9.17) is 4.74 Å². The van der Waals surface area contributed by atoms with Crippen LogP contribution in [0.3, 0.4) is 0 Å². The number of nitrogens with one attached hydrogen (secondary N) is 3. The zero-order valence-electron chi connectivity index (χ0n) is 14.3. The number of alkyl carbamates (subject to hydrolysis) is 1. The van der Waals surface area contributed by atoms with Crippen LogP contribution < -0.4 is 16.0 Å². The first-order valence-electron chi connectivity index (χ1n) is 8.63. The molecule has 2 aliphatic carbocycles. The molecule has 0 saturated heterocycles. The van der Waals surface area contributed by atoms with E-state index in [1.54, 1.807) is 7.05 Å². The molecular formula is C16H31IN4O2. The molecule has 134 valence electrons. The zero-order chi connectivity index (χ0) is 15.8. The molecule has 0 aromatic heterocycles. The Morgan fingerprint density at radius 1 is 1.22 bits per heavy atom. The third-order valence-corrected chi connectivity index (χ3v) is 4.43. The Balaban J connectivity index is 0.00000264. The van der Waals surface area contributed by atoms with Crippen molar-refractivity contribution in [3.05, 3.63) is 0 Å². The summed E-state index contributed by atoms with van der Waals surface area (Å²) in [5, 5.41) is 9.80. The molecule has 2 fully saturated rings. The molecule has 1 unspecified atom stereocenters. The number of carbonyl (C=O) groups excluding carboxylic acids is 1. The Labute approximate surface area is 156 Å².